The lowest BCUT2D eigenvalue weighted by molar-refractivity contribution is -0.155. The van der Waals surface area contributed by atoms with E-state index in [0.717, 1.165) is 12.8 Å². The lowest BCUT2D eigenvalue weighted by Gasteiger charge is -2.66. The van der Waals surface area contributed by atoms with Crippen LogP contribution in [0.4, 0.5) is 5.69 Å². The number of ether oxygens (including phenoxy) is 2. The van der Waals surface area contributed by atoms with E-state index in [0.29, 0.717) is 5.69 Å². The third-order valence-electron chi connectivity index (χ3n) is 6.92. The second kappa shape index (κ2) is 7.64. The van der Waals surface area contributed by atoms with Gasteiger partial charge in [0.2, 0.25) is 5.91 Å². The van der Waals surface area contributed by atoms with Gasteiger partial charge in [-0.05, 0) is 36.5 Å². The van der Waals surface area contributed by atoms with E-state index in [1.54, 1.807) is 0 Å². The Hall–Kier alpha value is -0.930. The molecule has 3 fully saturated rings. The summed E-state index contributed by atoms with van der Waals surface area (Å²) in [6, 6.07) is 4.39. The van der Waals surface area contributed by atoms with E-state index >= 15 is 0 Å². The fourth-order valence-corrected chi connectivity index (χ4v) is 10.0. The molecule has 0 saturated heterocycles. The van der Waals surface area contributed by atoms with Crippen molar-refractivity contribution in [1.29, 1.82) is 0 Å². The minimum absolute atomic E-state index is 0.0230. The normalized spacial score (nSPS) is 29.2. The first-order valence-electron chi connectivity index (χ1n) is 9.05. The largest absolute Gasteiger partial charge is 0.465 e. The monoisotopic (exact) mass is 593 g/mol. The number of nitrogens with one attached hydrogen (secondary N) is 1. The summed E-state index contributed by atoms with van der Waals surface area (Å²) in [5.41, 5.74) is -0.320. The summed E-state index contributed by atoms with van der Waals surface area (Å²) in [5.74, 6) is -1.35. The van der Waals surface area contributed by atoms with Crippen molar-refractivity contribution < 1.29 is 23.9 Å². The molecule has 1 N–H and O–H groups in total. The van der Waals surface area contributed by atoms with Gasteiger partial charge in [0.15, 0.2) is 0 Å². The zero-order chi connectivity index (χ0) is 21.8. The summed E-state index contributed by atoms with van der Waals surface area (Å²) in [4.78, 5) is 37.5. The summed E-state index contributed by atoms with van der Waals surface area (Å²) in [6.45, 7) is 4.22. The lowest BCUT2D eigenvalue weighted by Crippen LogP contribution is -2.71. The van der Waals surface area contributed by atoms with Crippen LogP contribution in [0.1, 0.15) is 47.4 Å². The van der Waals surface area contributed by atoms with Crippen molar-refractivity contribution >= 4 is 71.3 Å². The smallest absolute Gasteiger partial charge is 0.337 e. The maximum absolute atomic E-state index is 13.5. The van der Waals surface area contributed by atoms with E-state index < -0.39 is 17.4 Å². The van der Waals surface area contributed by atoms with Gasteiger partial charge in [-0.3, -0.25) is 4.79 Å². The molecule has 29 heavy (non-hydrogen) atoms. The number of fused-ring (bicyclic) bond motifs is 1. The van der Waals surface area contributed by atoms with Gasteiger partial charge in [-0.15, -0.1) is 0 Å². The molecular formula is C20H22Br3NO5. The van der Waals surface area contributed by atoms with Gasteiger partial charge in [0, 0.05) is 15.9 Å². The Morgan fingerprint density at radius 1 is 1.03 bits per heavy atom. The zero-order valence-electron chi connectivity index (χ0n) is 16.5. The molecule has 0 aromatic heterocycles. The fourth-order valence-electron chi connectivity index (χ4n) is 5.11. The van der Waals surface area contributed by atoms with Gasteiger partial charge < -0.3 is 14.8 Å². The predicted octanol–water partition coefficient (Wildman–Crippen LogP) is 4.88. The highest BCUT2D eigenvalue weighted by atomic mass is 79.9. The van der Waals surface area contributed by atoms with Crippen LogP contribution in [-0.4, -0.2) is 40.6 Å². The van der Waals surface area contributed by atoms with E-state index in [-0.39, 0.29) is 36.4 Å². The number of carbonyl (C=O) groups is 3. The van der Waals surface area contributed by atoms with E-state index in [2.05, 4.69) is 67.0 Å². The van der Waals surface area contributed by atoms with Crippen molar-refractivity contribution in [2.75, 3.05) is 19.5 Å². The van der Waals surface area contributed by atoms with E-state index in [1.807, 2.05) is 0 Å². The van der Waals surface area contributed by atoms with Crippen molar-refractivity contribution in [2.24, 2.45) is 16.2 Å². The van der Waals surface area contributed by atoms with Crippen LogP contribution in [0.5, 0.6) is 0 Å². The van der Waals surface area contributed by atoms with Crippen LogP contribution < -0.4 is 5.32 Å². The van der Waals surface area contributed by atoms with Gasteiger partial charge in [-0.25, -0.2) is 9.59 Å². The molecule has 0 spiro atoms. The number of rotatable bonds is 5. The number of alkyl halides is 3. The number of anilines is 1. The standard InChI is InChI=1S/C20H22Br3NO5/c1-18(2)19(16(22)23)5-6-20(18,15(19)21)17(27)24-12-8-10(13(25)28-3)7-11(9-12)14(26)29-4/h7-9,15-16H,5-6H2,1-4H3,(H,24,27). The molecule has 1 aromatic rings. The maximum Gasteiger partial charge on any atom is 0.337 e. The van der Waals surface area contributed by atoms with Gasteiger partial charge in [0.25, 0.3) is 0 Å². The van der Waals surface area contributed by atoms with Crippen LogP contribution in [-0.2, 0) is 14.3 Å². The van der Waals surface area contributed by atoms with Crippen molar-refractivity contribution in [3.63, 3.8) is 0 Å². The van der Waals surface area contributed by atoms with Crippen LogP contribution in [0, 0.1) is 16.2 Å². The third kappa shape index (κ3) is 2.94. The summed E-state index contributed by atoms with van der Waals surface area (Å²) < 4.78 is 9.59. The second-order valence-corrected chi connectivity index (χ2v) is 12.0. The molecule has 1 aromatic carbocycles. The number of amides is 1. The summed E-state index contributed by atoms with van der Waals surface area (Å²) in [5, 5.41) is 2.93. The van der Waals surface area contributed by atoms with Crippen molar-refractivity contribution in [3.05, 3.63) is 29.3 Å². The van der Waals surface area contributed by atoms with Crippen LogP contribution in [0.2, 0.25) is 0 Å². The van der Waals surface area contributed by atoms with E-state index in [9.17, 15) is 14.4 Å². The first-order chi connectivity index (χ1) is 13.5. The predicted molar refractivity (Wildman–Crippen MR) is 120 cm³/mol. The highest BCUT2D eigenvalue weighted by Gasteiger charge is 2.83. The first kappa shape index (κ1) is 22.7. The van der Waals surface area contributed by atoms with Crippen LogP contribution in [0.15, 0.2) is 18.2 Å². The van der Waals surface area contributed by atoms with Crippen LogP contribution in [0.25, 0.3) is 0 Å². The second-order valence-electron chi connectivity index (χ2n) is 8.04. The van der Waals surface area contributed by atoms with Crippen molar-refractivity contribution in [2.45, 2.75) is 35.3 Å². The maximum atomic E-state index is 13.5. The molecule has 158 valence electrons. The number of esters is 2. The molecule has 9 heteroatoms. The van der Waals surface area contributed by atoms with E-state index in [4.69, 9.17) is 9.47 Å². The Balaban J connectivity index is 1.96. The minimum Gasteiger partial charge on any atom is -0.465 e. The zero-order valence-corrected chi connectivity index (χ0v) is 21.2. The molecular weight excluding hydrogens is 574 g/mol. The Bertz CT molecular complexity index is 853. The van der Waals surface area contributed by atoms with Gasteiger partial charge >= 0.3 is 11.9 Å². The fraction of sp³-hybridized carbons (Fsp3) is 0.550. The average Bonchev–Trinajstić information content (AvgIpc) is 3.16. The number of carbonyl (C=O) groups excluding carboxylic acids is 3. The average molecular weight is 596 g/mol. The number of methoxy groups -OCH3 is 2. The van der Waals surface area contributed by atoms with Gasteiger partial charge in [0.1, 0.15) is 0 Å². The first-order valence-corrected chi connectivity index (χ1v) is 11.8. The molecule has 0 radical (unpaired) electrons. The molecule has 0 heterocycles. The molecule has 3 aliphatic rings. The molecule has 3 unspecified atom stereocenters. The van der Waals surface area contributed by atoms with E-state index in [1.165, 1.54) is 32.4 Å². The topological polar surface area (TPSA) is 81.7 Å². The summed E-state index contributed by atoms with van der Waals surface area (Å²) in [7, 11) is 2.51. The SMILES string of the molecule is COC(=O)c1cc(NC(=O)C23CCC(C(Br)Br)(C2Br)C3(C)C)cc(C(=O)OC)c1. The minimum atomic E-state index is -0.612. The van der Waals surface area contributed by atoms with Gasteiger partial charge in [-0.1, -0.05) is 61.6 Å². The molecule has 3 saturated carbocycles. The number of halogens is 3. The van der Waals surface area contributed by atoms with Crippen molar-refractivity contribution in [1.82, 2.24) is 0 Å². The molecule has 6 nitrogen and oxygen atoms in total. The molecule has 3 atom stereocenters. The lowest BCUT2D eigenvalue weighted by atomic mass is 9.43. The Kier molecular flexibility index (Phi) is 5.99. The quantitative estimate of drug-likeness (QED) is 0.387. The Labute approximate surface area is 194 Å². The molecule has 0 aliphatic heterocycles. The van der Waals surface area contributed by atoms with Crippen molar-refractivity contribution in [3.8, 4) is 0 Å². The highest BCUT2D eigenvalue weighted by molar-refractivity contribution is 9.24. The molecule has 4 rings (SSSR count). The Morgan fingerprint density at radius 3 is 1.93 bits per heavy atom. The molecule has 1 amide bonds. The summed E-state index contributed by atoms with van der Waals surface area (Å²) in [6.07, 6.45) is 1.62. The van der Waals surface area contributed by atoms with Crippen LogP contribution in [0.3, 0.4) is 0 Å². The third-order valence-corrected chi connectivity index (χ3v) is 10.2. The highest BCUT2D eigenvalue weighted by Crippen LogP contribution is 2.82. The molecule has 2 bridgehead atoms. The molecule has 3 aliphatic carbocycles. The van der Waals surface area contributed by atoms with Crippen LogP contribution >= 0.6 is 47.8 Å². The Morgan fingerprint density at radius 2 is 1.55 bits per heavy atom. The number of hydrogen-bond acceptors (Lipinski definition) is 5. The van der Waals surface area contributed by atoms with Gasteiger partial charge in [-0.2, -0.15) is 0 Å². The number of benzene rings is 1. The number of hydrogen-bond donors (Lipinski definition) is 1. The van der Waals surface area contributed by atoms with Gasteiger partial charge in [0.05, 0.1) is 34.5 Å². The summed E-state index contributed by atoms with van der Waals surface area (Å²) >= 11 is 11.1.